The second-order valence-electron chi connectivity index (χ2n) is 6.13. The average molecular weight is 281 g/mol. The second-order valence-corrected chi connectivity index (χ2v) is 6.13. The minimum Gasteiger partial charge on any atom is -0.480 e. The molecule has 1 amide bonds. The SMILES string of the molecule is O=C1CCC[C@@H]([C@@H](NC(=O)CC2CCCC2)C(=O)O)C1. The summed E-state index contributed by atoms with van der Waals surface area (Å²) in [7, 11) is 0. The van der Waals surface area contributed by atoms with Crippen molar-refractivity contribution in [1.29, 1.82) is 0 Å². The highest BCUT2D eigenvalue weighted by molar-refractivity contribution is 5.85. The van der Waals surface area contributed by atoms with Gasteiger partial charge < -0.3 is 10.4 Å². The van der Waals surface area contributed by atoms with Crippen molar-refractivity contribution in [3.63, 3.8) is 0 Å². The van der Waals surface area contributed by atoms with Gasteiger partial charge in [-0.2, -0.15) is 0 Å². The van der Waals surface area contributed by atoms with Crippen LogP contribution in [-0.2, 0) is 14.4 Å². The Morgan fingerprint density at radius 1 is 1.20 bits per heavy atom. The maximum absolute atomic E-state index is 12.0. The number of carbonyl (C=O) groups excluding carboxylic acids is 2. The topological polar surface area (TPSA) is 83.5 Å². The standard InChI is InChI=1S/C15H23NO4/c17-12-7-3-6-11(9-12)14(15(19)20)16-13(18)8-10-4-1-2-5-10/h10-11,14H,1-9H2,(H,16,18)(H,19,20)/t11-,14-/m1/s1. The highest BCUT2D eigenvalue weighted by atomic mass is 16.4. The number of rotatable bonds is 5. The monoisotopic (exact) mass is 281 g/mol. The number of aliphatic carboxylic acids is 1. The van der Waals surface area contributed by atoms with E-state index in [2.05, 4.69) is 5.32 Å². The molecule has 0 aromatic rings. The summed E-state index contributed by atoms with van der Waals surface area (Å²) in [6, 6.07) is -0.909. The zero-order chi connectivity index (χ0) is 14.5. The van der Waals surface area contributed by atoms with Crippen molar-refractivity contribution < 1.29 is 19.5 Å². The van der Waals surface area contributed by atoms with Gasteiger partial charge in [0.05, 0.1) is 0 Å². The van der Waals surface area contributed by atoms with Gasteiger partial charge in [0.2, 0.25) is 5.91 Å². The van der Waals surface area contributed by atoms with E-state index in [1.54, 1.807) is 0 Å². The Bertz CT molecular complexity index is 387. The molecule has 2 saturated carbocycles. The summed E-state index contributed by atoms with van der Waals surface area (Å²) in [5, 5.41) is 11.9. The van der Waals surface area contributed by atoms with Gasteiger partial charge in [0.1, 0.15) is 11.8 Å². The Morgan fingerprint density at radius 3 is 2.50 bits per heavy atom. The molecule has 0 radical (unpaired) electrons. The lowest BCUT2D eigenvalue weighted by atomic mass is 9.83. The third-order valence-electron chi connectivity index (χ3n) is 4.52. The Morgan fingerprint density at radius 2 is 1.90 bits per heavy atom. The lowest BCUT2D eigenvalue weighted by Gasteiger charge is -2.27. The molecule has 2 aliphatic rings. The van der Waals surface area contributed by atoms with Gasteiger partial charge >= 0.3 is 5.97 Å². The Balaban J connectivity index is 1.89. The number of ketones is 1. The van der Waals surface area contributed by atoms with Crippen molar-refractivity contribution in [3.05, 3.63) is 0 Å². The van der Waals surface area contributed by atoms with Crippen LogP contribution in [0.5, 0.6) is 0 Å². The lowest BCUT2D eigenvalue weighted by Crippen LogP contribution is -2.47. The summed E-state index contributed by atoms with van der Waals surface area (Å²) in [6.07, 6.45) is 7.12. The third-order valence-corrected chi connectivity index (χ3v) is 4.52. The molecule has 0 aliphatic heterocycles. The molecule has 2 rings (SSSR count). The highest BCUT2D eigenvalue weighted by Crippen LogP contribution is 2.28. The van der Waals surface area contributed by atoms with E-state index >= 15 is 0 Å². The molecule has 0 aromatic carbocycles. The predicted molar refractivity (Wildman–Crippen MR) is 73.1 cm³/mol. The van der Waals surface area contributed by atoms with Gasteiger partial charge in [-0.05, 0) is 37.5 Å². The normalized spacial score (nSPS) is 25.4. The van der Waals surface area contributed by atoms with E-state index in [0.717, 1.165) is 32.1 Å². The fraction of sp³-hybridized carbons (Fsp3) is 0.800. The molecule has 20 heavy (non-hydrogen) atoms. The molecular formula is C15H23NO4. The van der Waals surface area contributed by atoms with Crippen LogP contribution in [0.15, 0.2) is 0 Å². The van der Waals surface area contributed by atoms with Gasteiger partial charge in [-0.25, -0.2) is 4.79 Å². The zero-order valence-corrected chi connectivity index (χ0v) is 11.8. The molecule has 0 heterocycles. The van der Waals surface area contributed by atoms with E-state index < -0.39 is 12.0 Å². The first-order valence-corrected chi connectivity index (χ1v) is 7.60. The molecule has 5 heteroatoms. The van der Waals surface area contributed by atoms with Crippen molar-refractivity contribution in [2.24, 2.45) is 11.8 Å². The predicted octanol–water partition coefficient (Wildman–Crippen LogP) is 1.90. The molecule has 5 nitrogen and oxygen atoms in total. The van der Waals surface area contributed by atoms with Gasteiger partial charge in [0.15, 0.2) is 0 Å². The first kappa shape index (κ1) is 15.0. The molecule has 0 saturated heterocycles. The molecule has 112 valence electrons. The number of hydrogen-bond donors (Lipinski definition) is 2. The number of amides is 1. The maximum atomic E-state index is 12.0. The van der Waals surface area contributed by atoms with Crippen LogP contribution in [0.4, 0.5) is 0 Å². The summed E-state index contributed by atoms with van der Waals surface area (Å²) >= 11 is 0. The second kappa shape index (κ2) is 6.86. The third kappa shape index (κ3) is 4.05. The van der Waals surface area contributed by atoms with Crippen LogP contribution >= 0.6 is 0 Å². The quantitative estimate of drug-likeness (QED) is 0.806. The van der Waals surface area contributed by atoms with Crippen LogP contribution in [0.3, 0.4) is 0 Å². The van der Waals surface area contributed by atoms with E-state index in [1.165, 1.54) is 0 Å². The number of carboxylic acid groups (broad SMARTS) is 1. The summed E-state index contributed by atoms with van der Waals surface area (Å²) in [5.74, 6) is -0.942. The molecule has 0 unspecified atom stereocenters. The van der Waals surface area contributed by atoms with Gasteiger partial charge in [0, 0.05) is 19.3 Å². The van der Waals surface area contributed by atoms with E-state index in [-0.39, 0.29) is 24.0 Å². The average Bonchev–Trinajstić information content (AvgIpc) is 2.88. The molecule has 2 atom stereocenters. The number of hydrogen-bond acceptors (Lipinski definition) is 3. The smallest absolute Gasteiger partial charge is 0.326 e. The molecule has 0 bridgehead atoms. The first-order chi connectivity index (χ1) is 9.56. The number of nitrogens with one attached hydrogen (secondary N) is 1. The summed E-state index contributed by atoms with van der Waals surface area (Å²) in [6.45, 7) is 0. The first-order valence-electron chi connectivity index (χ1n) is 7.60. The highest BCUT2D eigenvalue weighted by Gasteiger charge is 2.33. The summed E-state index contributed by atoms with van der Waals surface area (Å²) in [4.78, 5) is 34.8. The summed E-state index contributed by atoms with van der Waals surface area (Å²) < 4.78 is 0. The van der Waals surface area contributed by atoms with Crippen LogP contribution in [-0.4, -0.2) is 28.8 Å². The van der Waals surface area contributed by atoms with Gasteiger partial charge in [0.25, 0.3) is 0 Å². The van der Waals surface area contributed by atoms with Crippen LogP contribution in [0, 0.1) is 11.8 Å². The van der Waals surface area contributed by atoms with Crippen molar-refractivity contribution in [2.75, 3.05) is 0 Å². The minimum absolute atomic E-state index is 0.109. The van der Waals surface area contributed by atoms with Crippen molar-refractivity contribution in [2.45, 2.75) is 63.8 Å². The number of carbonyl (C=O) groups is 3. The zero-order valence-electron chi connectivity index (χ0n) is 11.8. The Hall–Kier alpha value is -1.39. The number of carboxylic acids is 1. The van der Waals surface area contributed by atoms with E-state index in [0.29, 0.717) is 25.2 Å². The number of Topliss-reactive ketones (excluding diaryl/α,β-unsaturated/α-hetero) is 1. The fourth-order valence-corrected chi connectivity index (χ4v) is 3.43. The van der Waals surface area contributed by atoms with E-state index in [1.807, 2.05) is 0 Å². The molecule has 0 aromatic heterocycles. The largest absolute Gasteiger partial charge is 0.480 e. The van der Waals surface area contributed by atoms with Crippen LogP contribution in [0.1, 0.15) is 57.8 Å². The molecule has 2 fully saturated rings. The van der Waals surface area contributed by atoms with Crippen LogP contribution < -0.4 is 5.32 Å². The summed E-state index contributed by atoms with van der Waals surface area (Å²) in [5.41, 5.74) is 0. The minimum atomic E-state index is -1.02. The van der Waals surface area contributed by atoms with Crippen molar-refractivity contribution >= 4 is 17.7 Å². The van der Waals surface area contributed by atoms with Gasteiger partial charge in [-0.3, -0.25) is 9.59 Å². The van der Waals surface area contributed by atoms with Crippen LogP contribution in [0.2, 0.25) is 0 Å². The lowest BCUT2D eigenvalue weighted by molar-refractivity contribution is -0.144. The Labute approximate surface area is 119 Å². The van der Waals surface area contributed by atoms with E-state index in [9.17, 15) is 19.5 Å². The molecule has 2 aliphatic carbocycles. The fourth-order valence-electron chi connectivity index (χ4n) is 3.43. The van der Waals surface area contributed by atoms with Crippen molar-refractivity contribution in [3.8, 4) is 0 Å². The molecule has 0 spiro atoms. The molecular weight excluding hydrogens is 258 g/mol. The maximum Gasteiger partial charge on any atom is 0.326 e. The van der Waals surface area contributed by atoms with Crippen molar-refractivity contribution in [1.82, 2.24) is 5.32 Å². The van der Waals surface area contributed by atoms with Gasteiger partial charge in [-0.1, -0.05) is 12.8 Å². The van der Waals surface area contributed by atoms with E-state index in [4.69, 9.17) is 0 Å². The van der Waals surface area contributed by atoms with Crippen LogP contribution in [0.25, 0.3) is 0 Å². The Kier molecular flexibility index (Phi) is 5.15. The van der Waals surface area contributed by atoms with Gasteiger partial charge in [-0.15, -0.1) is 0 Å². The molecule has 2 N–H and O–H groups in total.